The lowest BCUT2D eigenvalue weighted by molar-refractivity contribution is -0.138. The maximum atomic E-state index is 12.8. The first kappa shape index (κ1) is 24.6. The summed E-state index contributed by atoms with van der Waals surface area (Å²) in [6.45, 7) is 3.20. The van der Waals surface area contributed by atoms with Gasteiger partial charge in [-0.1, -0.05) is 42.5 Å². The fourth-order valence-electron chi connectivity index (χ4n) is 4.28. The minimum absolute atomic E-state index is 0.0454. The van der Waals surface area contributed by atoms with Gasteiger partial charge in [-0.25, -0.2) is 9.59 Å². The van der Waals surface area contributed by atoms with Gasteiger partial charge in [0.15, 0.2) is 0 Å². The van der Waals surface area contributed by atoms with Gasteiger partial charge in [-0.3, -0.25) is 19.3 Å². The van der Waals surface area contributed by atoms with Gasteiger partial charge >= 0.3 is 11.6 Å². The maximum Gasteiger partial charge on any atom is 0.349 e. The van der Waals surface area contributed by atoms with Gasteiger partial charge in [0, 0.05) is 11.5 Å². The average molecular weight is 511 g/mol. The Kier molecular flexibility index (Phi) is 6.34. The molecule has 2 heterocycles. The first-order chi connectivity index (χ1) is 18.2. The molecule has 3 aromatic carbocycles. The molecule has 0 bridgehead atoms. The molecular formula is C29H22N2O7. The zero-order valence-electron chi connectivity index (χ0n) is 20.5. The maximum absolute atomic E-state index is 12.8. The summed E-state index contributed by atoms with van der Waals surface area (Å²) in [7, 11) is 0. The summed E-state index contributed by atoms with van der Waals surface area (Å²) in [5.41, 5.74) is 0.418. The van der Waals surface area contributed by atoms with Crippen LogP contribution in [0.25, 0.3) is 11.0 Å². The molecule has 3 amide bonds. The second-order valence-electron chi connectivity index (χ2n) is 8.88. The minimum Gasteiger partial charge on any atom is -0.425 e. The number of hydrogen-bond donors (Lipinski definition) is 1. The Hall–Kier alpha value is -5.05. The second kappa shape index (κ2) is 9.78. The summed E-state index contributed by atoms with van der Waals surface area (Å²) >= 11 is 0. The zero-order chi connectivity index (χ0) is 27.0. The van der Waals surface area contributed by atoms with E-state index >= 15 is 0 Å². The fraction of sp³-hybridized carbons (Fsp3) is 0.138. The number of esters is 1. The van der Waals surface area contributed by atoms with Crippen molar-refractivity contribution >= 4 is 34.7 Å². The lowest BCUT2D eigenvalue weighted by Crippen LogP contribution is -2.44. The van der Waals surface area contributed by atoms with Crippen LogP contribution in [0, 0.1) is 0 Å². The Morgan fingerprint density at radius 3 is 2.13 bits per heavy atom. The highest BCUT2D eigenvalue weighted by atomic mass is 16.5. The Labute approximate surface area is 216 Å². The van der Waals surface area contributed by atoms with E-state index in [4.69, 9.17) is 9.15 Å². The lowest BCUT2D eigenvalue weighted by atomic mass is 10.1. The predicted molar refractivity (Wildman–Crippen MR) is 137 cm³/mol. The summed E-state index contributed by atoms with van der Waals surface area (Å²) in [5.74, 6) is -2.53. The van der Waals surface area contributed by atoms with Crippen LogP contribution in [0.15, 0.2) is 88.1 Å². The highest BCUT2D eigenvalue weighted by Gasteiger charge is 2.41. The molecule has 1 aliphatic rings. The molecule has 190 valence electrons. The first-order valence-electron chi connectivity index (χ1n) is 11.9. The van der Waals surface area contributed by atoms with E-state index in [0.29, 0.717) is 5.39 Å². The number of amides is 3. The van der Waals surface area contributed by atoms with Crippen LogP contribution < -0.4 is 15.7 Å². The molecule has 9 nitrogen and oxygen atoms in total. The van der Waals surface area contributed by atoms with Crippen molar-refractivity contribution in [1.82, 2.24) is 10.2 Å². The van der Waals surface area contributed by atoms with Gasteiger partial charge in [-0.15, -0.1) is 0 Å². The van der Waals surface area contributed by atoms with Crippen molar-refractivity contribution in [3.8, 4) is 5.75 Å². The van der Waals surface area contributed by atoms with E-state index in [1.54, 1.807) is 19.1 Å². The Morgan fingerprint density at radius 2 is 1.47 bits per heavy atom. The Morgan fingerprint density at radius 1 is 0.842 bits per heavy atom. The molecule has 1 N–H and O–H groups in total. The number of carbonyl (C=O) groups excluding carboxylic acids is 4. The van der Waals surface area contributed by atoms with E-state index in [1.807, 2.05) is 30.3 Å². The molecular weight excluding hydrogens is 488 g/mol. The van der Waals surface area contributed by atoms with E-state index in [0.717, 1.165) is 10.5 Å². The molecule has 0 aliphatic carbocycles. The molecule has 1 aromatic heterocycles. The highest BCUT2D eigenvalue weighted by molar-refractivity contribution is 6.22. The molecule has 0 spiro atoms. The van der Waals surface area contributed by atoms with Crippen molar-refractivity contribution in [3.63, 3.8) is 0 Å². The fourth-order valence-corrected chi connectivity index (χ4v) is 4.28. The predicted octanol–water partition coefficient (Wildman–Crippen LogP) is 3.87. The molecule has 38 heavy (non-hydrogen) atoms. The van der Waals surface area contributed by atoms with Crippen molar-refractivity contribution in [2.24, 2.45) is 0 Å². The van der Waals surface area contributed by atoms with Crippen LogP contribution in [0.1, 0.15) is 56.5 Å². The lowest BCUT2D eigenvalue weighted by Gasteiger charge is -2.20. The third-order valence-corrected chi connectivity index (χ3v) is 6.37. The van der Waals surface area contributed by atoms with Crippen LogP contribution in [-0.2, 0) is 4.79 Å². The largest absolute Gasteiger partial charge is 0.425 e. The molecule has 0 saturated carbocycles. The number of nitrogens with zero attached hydrogens (tertiary/aromatic N) is 1. The number of rotatable bonds is 6. The molecule has 2 atom stereocenters. The molecule has 2 unspecified atom stereocenters. The number of nitrogens with one attached hydrogen (secondary N) is 1. The standard InChI is InChI=1S/C29H22N2O7/c1-16(18-8-4-3-5-9-18)30-25(32)23-14-19-12-13-20(15-24(19)38-29(23)36)37-28(35)17(2)31-26(33)21-10-6-7-11-22(21)27(31)34/h3-17H,1-2H3,(H,30,32). The molecule has 0 fully saturated rings. The van der Waals surface area contributed by atoms with Gasteiger partial charge in [-0.2, -0.15) is 0 Å². The minimum atomic E-state index is -1.19. The van der Waals surface area contributed by atoms with Crippen molar-refractivity contribution in [2.75, 3.05) is 0 Å². The number of benzene rings is 3. The van der Waals surface area contributed by atoms with Crippen LogP contribution >= 0.6 is 0 Å². The first-order valence-corrected chi connectivity index (χ1v) is 11.9. The molecule has 4 aromatic rings. The topological polar surface area (TPSA) is 123 Å². The quantitative estimate of drug-likeness (QED) is 0.181. The van der Waals surface area contributed by atoms with Crippen molar-refractivity contribution < 1.29 is 28.3 Å². The summed E-state index contributed by atoms with van der Waals surface area (Å²) in [6, 6.07) is 19.8. The number of carbonyl (C=O) groups is 4. The summed E-state index contributed by atoms with van der Waals surface area (Å²) in [6.07, 6.45) is 0. The second-order valence-corrected chi connectivity index (χ2v) is 8.88. The van der Waals surface area contributed by atoms with Crippen LogP contribution in [-0.4, -0.2) is 34.6 Å². The van der Waals surface area contributed by atoms with Crippen LogP contribution in [0.5, 0.6) is 5.75 Å². The van der Waals surface area contributed by atoms with E-state index < -0.39 is 35.4 Å². The monoisotopic (exact) mass is 510 g/mol. The third-order valence-electron chi connectivity index (χ3n) is 6.37. The zero-order valence-corrected chi connectivity index (χ0v) is 20.5. The molecule has 1 aliphatic heterocycles. The average Bonchev–Trinajstić information content (AvgIpc) is 3.17. The number of ether oxygens (including phenoxy) is 1. The third kappa shape index (κ3) is 4.45. The Balaban J connectivity index is 1.32. The van der Waals surface area contributed by atoms with E-state index in [1.165, 1.54) is 43.3 Å². The van der Waals surface area contributed by atoms with Crippen molar-refractivity contribution in [2.45, 2.75) is 25.9 Å². The molecule has 9 heteroatoms. The van der Waals surface area contributed by atoms with Gasteiger partial charge in [0.25, 0.3) is 17.7 Å². The van der Waals surface area contributed by atoms with Crippen molar-refractivity contribution in [3.05, 3.63) is 112 Å². The van der Waals surface area contributed by atoms with Gasteiger partial charge in [0.2, 0.25) is 0 Å². The van der Waals surface area contributed by atoms with Crippen molar-refractivity contribution in [1.29, 1.82) is 0 Å². The van der Waals surface area contributed by atoms with Gasteiger partial charge in [0.1, 0.15) is 22.9 Å². The van der Waals surface area contributed by atoms with E-state index in [9.17, 15) is 24.0 Å². The summed E-state index contributed by atoms with van der Waals surface area (Å²) in [4.78, 5) is 64.3. The SMILES string of the molecule is CC(NC(=O)c1cc2ccc(OC(=O)C(C)N3C(=O)c4ccccc4C3=O)cc2oc1=O)c1ccccc1. The van der Waals surface area contributed by atoms with E-state index in [-0.39, 0.29) is 34.1 Å². The summed E-state index contributed by atoms with van der Waals surface area (Å²) in [5, 5.41) is 3.22. The number of imide groups is 1. The van der Waals surface area contributed by atoms with Crippen LogP contribution in [0.4, 0.5) is 0 Å². The Bertz CT molecular complexity index is 1620. The van der Waals surface area contributed by atoms with Gasteiger partial charge in [0.05, 0.1) is 17.2 Å². The molecule has 5 rings (SSSR count). The van der Waals surface area contributed by atoms with Crippen LogP contribution in [0.3, 0.4) is 0 Å². The smallest absolute Gasteiger partial charge is 0.349 e. The number of hydrogen-bond acceptors (Lipinski definition) is 7. The van der Waals surface area contributed by atoms with Gasteiger partial charge < -0.3 is 14.5 Å². The number of fused-ring (bicyclic) bond motifs is 2. The van der Waals surface area contributed by atoms with E-state index in [2.05, 4.69) is 5.32 Å². The van der Waals surface area contributed by atoms with Crippen LogP contribution in [0.2, 0.25) is 0 Å². The van der Waals surface area contributed by atoms with Gasteiger partial charge in [-0.05, 0) is 49.7 Å². The summed E-state index contributed by atoms with van der Waals surface area (Å²) < 4.78 is 10.7. The molecule has 0 radical (unpaired) electrons. The normalized spacial score (nSPS) is 14.2. The molecule has 0 saturated heterocycles. The highest BCUT2D eigenvalue weighted by Crippen LogP contribution is 2.26.